The van der Waals surface area contributed by atoms with E-state index in [9.17, 15) is 14.4 Å². The van der Waals surface area contributed by atoms with Gasteiger partial charge in [0, 0.05) is 11.6 Å². The average molecular weight is 349 g/mol. The van der Waals surface area contributed by atoms with Crippen molar-refractivity contribution in [3.05, 3.63) is 61.3 Å². The Bertz CT molecular complexity index is 903. The number of anilines is 1. The molecule has 0 saturated heterocycles. The fraction of sp³-hybridized carbons (Fsp3) is 0.312. The lowest BCUT2D eigenvalue weighted by Gasteiger charge is -2.29. The van der Waals surface area contributed by atoms with Crippen molar-refractivity contribution in [2.45, 2.75) is 32.4 Å². The van der Waals surface area contributed by atoms with Gasteiger partial charge in [-0.3, -0.25) is 19.7 Å². The maximum absolute atomic E-state index is 12.4. The highest BCUT2D eigenvalue weighted by molar-refractivity contribution is 6.31. The predicted octanol–water partition coefficient (Wildman–Crippen LogP) is 2.21. The van der Waals surface area contributed by atoms with E-state index in [1.807, 2.05) is 6.92 Å². The zero-order valence-corrected chi connectivity index (χ0v) is 13.8. The molecule has 126 valence electrons. The number of hydrogen-bond acceptors (Lipinski definition) is 3. The maximum Gasteiger partial charge on any atom is 0.329 e. The number of halogens is 1. The summed E-state index contributed by atoms with van der Waals surface area (Å²) in [6.45, 7) is 2.40. The molecule has 8 heteroatoms. The van der Waals surface area contributed by atoms with Gasteiger partial charge in [-0.2, -0.15) is 0 Å². The molecule has 1 atom stereocenters. The summed E-state index contributed by atoms with van der Waals surface area (Å²) < 4.78 is 1.39. The Morgan fingerprint density at radius 1 is 1.21 bits per heavy atom. The van der Waals surface area contributed by atoms with Gasteiger partial charge in [0.2, 0.25) is 0 Å². The minimum atomic E-state index is -0.723. The van der Waals surface area contributed by atoms with Gasteiger partial charge in [-0.05, 0) is 18.1 Å². The molecule has 0 spiro atoms. The first-order valence-electron chi connectivity index (χ1n) is 7.72. The summed E-state index contributed by atoms with van der Waals surface area (Å²) in [5.74, 6) is 0.228. The molecule has 1 aliphatic rings. The predicted molar refractivity (Wildman–Crippen MR) is 91.7 cm³/mol. The van der Waals surface area contributed by atoms with Gasteiger partial charge < -0.3 is 5.32 Å². The molecule has 3 rings (SSSR count). The third kappa shape index (κ3) is 2.82. The average Bonchev–Trinajstić information content (AvgIpc) is 2.54. The third-order valence-corrected chi connectivity index (χ3v) is 4.33. The number of hydrogen-bond donors (Lipinski definition) is 3. The van der Waals surface area contributed by atoms with E-state index in [0.717, 1.165) is 12.8 Å². The van der Waals surface area contributed by atoms with Crippen LogP contribution in [0.2, 0.25) is 5.02 Å². The number of fused-ring (bicyclic) bond motifs is 1. The summed E-state index contributed by atoms with van der Waals surface area (Å²) >= 11 is 6.23. The van der Waals surface area contributed by atoms with Crippen LogP contribution in [0.4, 0.5) is 10.6 Å². The van der Waals surface area contributed by atoms with Gasteiger partial charge >= 0.3 is 11.7 Å². The standard InChI is InChI=1S/C16H17ClN4O3/c1-2-3-8-21-13-11(14(22)20-16(21)24)12(18-15(23)19-13)9-6-4-5-7-10(9)17/h4-7,12H,2-3,8H2,1H3,(H2,18,19,23)(H,20,22,24)/t12-/m0/s1. The van der Waals surface area contributed by atoms with Crippen molar-refractivity contribution in [1.29, 1.82) is 0 Å². The number of benzene rings is 1. The monoisotopic (exact) mass is 348 g/mol. The van der Waals surface area contributed by atoms with Gasteiger partial charge in [-0.25, -0.2) is 9.59 Å². The van der Waals surface area contributed by atoms with Crippen LogP contribution < -0.4 is 21.9 Å². The van der Waals surface area contributed by atoms with E-state index in [0.29, 0.717) is 17.1 Å². The van der Waals surface area contributed by atoms with Crippen molar-refractivity contribution in [2.24, 2.45) is 0 Å². The van der Waals surface area contributed by atoms with Gasteiger partial charge in [0.25, 0.3) is 5.56 Å². The number of aromatic nitrogens is 2. The number of H-pyrrole nitrogens is 1. The number of rotatable bonds is 4. The minimum Gasteiger partial charge on any atom is -0.327 e. The normalized spacial score (nSPS) is 16.2. The zero-order chi connectivity index (χ0) is 17.3. The van der Waals surface area contributed by atoms with E-state index in [-0.39, 0.29) is 11.4 Å². The lowest BCUT2D eigenvalue weighted by molar-refractivity contribution is 0.248. The lowest BCUT2D eigenvalue weighted by atomic mass is 9.98. The van der Waals surface area contributed by atoms with E-state index < -0.39 is 23.3 Å². The number of unbranched alkanes of at least 4 members (excludes halogenated alkanes) is 1. The number of urea groups is 1. The number of aromatic amines is 1. The second-order valence-electron chi connectivity index (χ2n) is 5.58. The molecule has 1 aromatic heterocycles. The number of amides is 2. The van der Waals surface area contributed by atoms with Crippen LogP contribution in [-0.4, -0.2) is 15.6 Å². The first kappa shape index (κ1) is 16.3. The van der Waals surface area contributed by atoms with Crippen molar-refractivity contribution in [3.8, 4) is 0 Å². The topological polar surface area (TPSA) is 96.0 Å². The number of carbonyl (C=O) groups excluding carboxylic acids is 1. The number of nitrogens with one attached hydrogen (secondary N) is 3. The van der Waals surface area contributed by atoms with Gasteiger partial charge in [0.15, 0.2) is 0 Å². The molecule has 1 aromatic carbocycles. The SMILES string of the molecule is CCCCn1c2c(c(=O)[nH]c1=O)[C@H](c1ccccc1Cl)NC(=O)N2. The molecule has 24 heavy (non-hydrogen) atoms. The first-order chi connectivity index (χ1) is 11.5. The smallest absolute Gasteiger partial charge is 0.327 e. The van der Waals surface area contributed by atoms with Gasteiger partial charge in [0.1, 0.15) is 5.82 Å². The van der Waals surface area contributed by atoms with Crippen LogP contribution >= 0.6 is 11.6 Å². The van der Waals surface area contributed by atoms with Crippen LogP contribution in [0.25, 0.3) is 0 Å². The Balaban J connectivity index is 2.23. The molecule has 2 heterocycles. The molecule has 0 aliphatic carbocycles. The Morgan fingerprint density at radius 3 is 2.67 bits per heavy atom. The quantitative estimate of drug-likeness (QED) is 0.790. The molecule has 2 aromatic rings. The van der Waals surface area contributed by atoms with E-state index >= 15 is 0 Å². The Morgan fingerprint density at radius 2 is 1.96 bits per heavy atom. The van der Waals surface area contributed by atoms with E-state index in [2.05, 4.69) is 15.6 Å². The second-order valence-corrected chi connectivity index (χ2v) is 5.99. The highest BCUT2D eigenvalue weighted by Crippen LogP contribution is 2.32. The number of nitrogens with zero attached hydrogens (tertiary/aromatic N) is 1. The van der Waals surface area contributed by atoms with Crippen molar-refractivity contribution in [2.75, 3.05) is 5.32 Å². The second kappa shape index (κ2) is 6.52. The van der Waals surface area contributed by atoms with Gasteiger partial charge in [-0.1, -0.05) is 43.1 Å². The largest absolute Gasteiger partial charge is 0.329 e. The molecule has 1 aliphatic heterocycles. The van der Waals surface area contributed by atoms with Crippen LogP contribution in [0.3, 0.4) is 0 Å². The van der Waals surface area contributed by atoms with Crippen LogP contribution in [-0.2, 0) is 6.54 Å². The summed E-state index contributed by atoms with van der Waals surface area (Å²) in [6.07, 6.45) is 1.62. The third-order valence-electron chi connectivity index (χ3n) is 3.98. The Kier molecular flexibility index (Phi) is 4.44. The molecule has 0 unspecified atom stereocenters. The Labute approximate surface area is 142 Å². The van der Waals surface area contributed by atoms with Gasteiger partial charge in [-0.15, -0.1) is 0 Å². The van der Waals surface area contributed by atoms with Crippen LogP contribution in [0, 0.1) is 0 Å². The molecular weight excluding hydrogens is 332 g/mol. The fourth-order valence-electron chi connectivity index (χ4n) is 2.81. The zero-order valence-electron chi connectivity index (χ0n) is 13.1. The molecule has 0 fully saturated rings. The molecule has 2 amide bonds. The van der Waals surface area contributed by atoms with Crippen molar-refractivity contribution < 1.29 is 4.79 Å². The molecule has 3 N–H and O–H groups in total. The van der Waals surface area contributed by atoms with E-state index in [1.54, 1.807) is 24.3 Å². The fourth-order valence-corrected chi connectivity index (χ4v) is 3.05. The molecule has 7 nitrogen and oxygen atoms in total. The minimum absolute atomic E-state index is 0.228. The van der Waals surface area contributed by atoms with E-state index in [1.165, 1.54) is 4.57 Å². The summed E-state index contributed by atoms with van der Waals surface area (Å²) in [5, 5.41) is 5.72. The molecule has 0 radical (unpaired) electrons. The van der Waals surface area contributed by atoms with Crippen molar-refractivity contribution >= 4 is 23.4 Å². The Hall–Kier alpha value is -2.54. The van der Waals surface area contributed by atoms with Crippen LogP contribution in [0.15, 0.2) is 33.9 Å². The first-order valence-corrected chi connectivity index (χ1v) is 8.09. The van der Waals surface area contributed by atoms with Crippen molar-refractivity contribution in [3.63, 3.8) is 0 Å². The summed E-state index contributed by atoms with van der Waals surface area (Å²) in [7, 11) is 0. The molecule has 0 saturated carbocycles. The van der Waals surface area contributed by atoms with Crippen LogP contribution in [0.5, 0.6) is 0 Å². The molecule has 0 bridgehead atoms. The highest BCUT2D eigenvalue weighted by Gasteiger charge is 2.32. The number of carbonyl (C=O) groups is 1. The van der Waals surface area contributed by atoms with Gasteiger partial charge in [0.05, 0.1) is 11.6 Å². The maximum atomic E-state index is 12.4. The highest BCUT2D eigenvalue weighted by atomic mass is 35.5. The summed E-state index contributed by atoms with van der Waals surface area (Å²) in [5.41, 5.74) is -0.202. The van der Waals surface area contributed by atoms with Crippen LogP contribution in [0.1, 0.15) is 36.9 Å². The summed E-state index contributed by atoms with van der Waals surface area (Å²) in [4.78, 5) is 39.0. The molecular formula is C16H17ClN4O3. The van der Waals surface area contributed by atoms with Crippen molar-refractivity contribution in [1.82, 2.24) is 14.9 Å². The summed E-state index contributed by atoms with van der Waals surface area (Å²) in [6, 6.07) is 5.76. The lowest BCUT2D eigenvalue weighted by Crippen LogP contribution is -2.46. The van der Waals surface area contributed by atoms with E-state index in [4.69, 9.17) is 11.6 Å².